The highest BCUT2D eigenvalue weighted by molar-refractivity contribution is 5.35. The maximum atomic E-state index is 12.1. The van der Waals surface area contributed by atoms with Gasteiger partial charge in [-0.2, -0.15) is 4.98 Å². The second-order valence-corrected chi connectivity index (χ2v) is 5.44. The Morgan fingerprint density at radius 3 is 3.00 bits per heavy atom. The Labute approximate surface area is 121 Å². The lowest BCUT2D eigenvalue weighted by Gasteiger charge is -2.30. The summed E-state index contributed by atoms with van der Waals surface area (Å²) >= 11 is 0. The van der Waals surface area contributed by atoms with Gasteiger partial charge in [0.25, 0.3) is 0 Å². The standard InChI is InChI=1S/C13H19N3O5/c1-7-4-16(12(17)15-10(7)14)11-8-9(19-3)13(21-11,5-18-2)6-20-8/h4,8-9,11H,5-6H2,1-3H3,(H2,14,15,17). The lowest BCUT2D eigenvalue weighted by atomic mass is 10.0. The topological polar surface area (TPSA) is 97.8 Å². The molecular weight excluding hydrogens is 278 g/mol. The maximum Gasteiger partial charge on any atom is 0.351 e. The Hall–Kier alpha value is -1.48. The first-order valence-electron chi connectivity index (χ1n) is 6.69. The number of ether oxygens (including phenoxy) is 4. The van der Waals surface area contributed by atoms with E-state index in [1.165, 1.54) is 4.57 Å². The number of aromatic nitrogens is 2. The molecule has 1 aromatic heterocycles. The van der Waals surface area contributed by atoms with Gasteiger partial charge in [0, 0.05) is 26.0 Å². The lowest BCUT2D eigenvalue weighted by Crippen LogP contribution is -2.45. The number of anilines is 1. The molecule has 2 fully saturated rings. The molecule has 3 heterocycles. The third-order valence-electron chi connectivity index (χ3n) is 4.06. The summed E-state index contributed by atoms with van der Waals surface area (Å²) in [6.45, 7) is 2.48. The first kappa shape index (κ1) is 14.5. The van der Waals surface area contributed by atoms with E-state index in [9.17, 15) is 4.79 Å². The zero-order valence-electron chi connectivity index (χ0n) is 12.2. The SMILES string of the molecule is COCC12COC(C(n3cc(C)c(N)nc3=O)O1)C2OC. The molecule has 0 aliphatic carbocycles. The van der Waals surface area contributed by atoms with E-state index in [-0.39, 0.29) is 18.0 Å². The molecule has 1 aromatic rings. The molecule has 8 heteroatoms. The fourth-order valence-electron chi connectivity index (χ4n) is 3.07. The number of rotatable bonds is 4. The molecule has 21 heavy (non-hydrogen) atoms. The first-order valence-corrected chi connectivity index (χ1v) is 6.69. The van der Waals surface area contributed by atoms with Crippen LogP contribution >= 0.6 is 0 Å². The summed E-state index contributed by atoms with van der Waals surface area (Å²) in [7, 11) is 3.18. The van der Waals surface area contributed by atoms with Crippen molar-refractivity contribution in [1.29, 1.82) is 0 Å². The zero-order chi connectivity index (χ0) is 15.2. The molecule has 0 saturated carbocycles. The molecule has 2 bridgehead atoms. The normalized spacial score (nSPS) is 34.5. The van der Waals surface area contributed by atoms with Crippen molar-refractivity contribution in [3.8, 4) is 0 Å². The summed E-state index contributed by atoms with van der Waals surface area (Å²) in [6, 6.07) is 0. The number of nitrogen functional groups attached to an aromatic ring is 1. The molecule has 0 amide bonds. The lowest BCUT2D eigenvalue weighted by molar-refractivity contribution is -0.191. The summed E-state index contributed by atoms with van der Waals surface area (Å²) in [5, 5.41) is 0. The molecule has 2 aliphatic rings. The van der Waals surface area contributed by atoms with Gasteiger partial charge < -0.3 is 24.7 Å². The zero-order valence-corrected chi connectivity index (χ0v) is 12.2. The minimum Gasteiger partial charge on any atom is -0.383 e. The van der Waals surface area contributed by atoms with Gasteiger partial charge in [-0.25, -0.2) is 4.79 Å². The number of aryl methyl sites for hydroxylation is 1. The van der Waals surface area contributed by atoms with E-state index >= 15 is 0 Å². The van der Waals surface area contributed by atoms with Gasteiger partial charge in [-0.3, -0.25) is 4.57 Å². The average molecular weight is 297 g/mol. The van der Waals surface area contributed by atoms with Gasteiger partial charge in [0.05, 0.1) is 13.2 Å². The number of methoxy groups -OCH3 is 2. The van der Waals surface area contributed by atoms with Crippen LogP contribution in [0.15, 0.2) is 11.0 Å². The predicted octanol–water partition coefficient (Wildman–Crippen LogP) is -0.538. The summed E-state index contributed by atoms with van der Waals surface area (Å²) < 4.78 is 24.0. The van der Waals surface area contributed by atoms with Gasteiger partial charge in [-0.15, -0.1) is 0 Å². The van der Waals surface area contributed by atoms with Crippen molar-refractivity contribution in [2.24, 2.45) is 0 Å². The molecule has 0 aromatic carbocycles. The van der Waals surface area contributed by atoms with E-state index < -0.39 is 17.5 Å². The molecule has 3 rings (SSSR count). The molecule has 4 atom stereocenters. The summed E-state index contributed by atoms with van der Waals surface area (Å²) in [6.07, 6.45) is 0.352. The highest BCUT2D eigenvalue weighted by Gasteiger charge is 2.63. The van der Waals surface area contributed by atoms with Crippen LogP contribution in [0.1, 0.15) is 11.8 Å². The van der Waals surface area contributed by atoms with Crippen molar-refractivity contribution in [3.05, 3.63) is 22.2 Å². The fourth-order valence-corrected chi connectivity index (χ4v) is 3.07. The van der Waals surface area contributed by atoms with Gasteiger partial charge in [-0.1, -0.05) is 0 Å². The Morgan fingerprint density at radius 2 is 2.33 bits per heavy atom. The van der Waals surface area contributed by atoms with Crippen molar-refractivity contribution in [3.63, 3.8) is 0 Å². The quantitative estimate of drug-likeness (QED) is 0.797. The minimum absolute atomic E-state index is 0.218. The van der Waals surface area contributed by atoms with E-state index in [1.54, 1.807) is 27.3 Å². The fraction of sp³-hybridized carbons (Fsp3) is 0.692. The van der Waals surface area contributed by atoms with Crippen LogP contribution in [0.4, 0.5) is 5.82 Å². The van der Waals surface area contributed by atoms with Crippen molar-refractivity contribution < 1.29 is 18.9 Å². The van der Waals surface area contributed by atoms with Gasteiger partial charge in [0.15, 0.2) is 6.23 Å². The van der Waals surface area contributed by atoms with Gasteiger partial charge >= 0.3 is 5.69 Å². The summed E-state index contributed by atoms with van der Waals surface area (Å²) in [4.78, 5) is 15.9. The van der Waals surface area contributed by atoms with Gasteiger partial charge in [0.2, 0.25) is 0 Å². The average Bonchev–Trinajstić information content (AvgIpc) is 2.94. The minimum atomic E-state index is -0.701. The van der Waals surface area contributed by atoms with Crippen molar-refractivity contribution in [1.82, 2.24) is 9.55 Å². The maximum absolute atomic E-state index is 12.1. The van der Waals surface area contributed by atoms with E-state index in [0.717, 1.165) is 0 Å². The second kappa shape index (κ2) is 5.06. The molecule has 2 N–H and O–H groups in total. The molecular formula is C13H19N3O5. The van der Waals surface area contributed by atoms with Gasteiger partial charge in [-0.05, 0) is 6.92 Å². The molecule has 4 unspecified atom stereocenters. The van der Waals surface area contributed by atoms with Crippen LogP contribution in [0.2, 0.25) is 0 Å². The van der Waals surface area contributed by atoms with Gasteiger partial charge in [0.1, 0.15) is 23.6 Å². The smallest absolute Gasteiger partial charge is 0.351 e. The molecule has 2 saturated heterocycles. The van der Waals surface area contributed by atoms with E-state index in [0.29, 0.717) is 18.8 Å². The number of fused-ring (bicyclic) bond motifs is 2. The Bertz CT molecular complexity index is 604. The monoisotopic (exact) mass is 297 g/mol. The van der Waals surface area contributed by atoms with Crippen molar-refractivity contribution >= 4 is 5.82 Å². The number of hydrogen-bond acceptors (Lipinski definition) is 7. The Kier molecular flexibility index (Phi) is 3.48. The molecule has 8 nitrogen and oxygen atoms in total. The molecule has 2 aliphatic heterocycles. The van der Waals surface area contributed by atoms with Crippen LogP contribution in [0.5, 0.6) is 0 Å². The van der Waals surface area contributed by atoms with Crippen LogP contribution < -0.4 is 11.4 Å². The summed E-state index contributed by atoms with van der Waals surface area (Å²) in [5.74, 6) is 0.218. The summed E-state index contributed by atoms with van der Waals surface area (Å²) in [5.41, 5.74) is 5.18. The van der Waals surface area contributed by atoms with E-state index in [2.05, 4.69) is 4.98 Å². The molecule has 0 radical (unpaired) electrons. The first-order chi connectivity index (χ1) is 10.0. The van der Waals surface area contributed by atoms with Crippen LogP contribution in [-0.4, -0.2) is 54.8 Å². The van der Waals surface area contributed by atoms with Crippen molar-refractivity contribution in [2.45, 2.75) is 31.0 Å². The Balaban J connectivity index is 1.99. The number of nitrogens with zero attached hydrogens (tertiary/aromatic N) is 2. The third kappa shape index (κ3) is 2.06. The number of nitrogens with two attached hydrogens (primary N) is 1. The second-order valence-electron chi connectivity index (χ2n) is 5.44. The van der Waals surface area contributed by atoms with Crippen molar-refractivity contribution in [2.75, 3.05) is 33.2 Å². The van der Waals surface area contributed by atoms with Crippen LogP contribution in [-0.2, 0) is 18.9 Å². The van der Waals surface area contributed by atoms with Crippen LogP contribution in [0, 0.1) is 6.92 Å². The number of hydrogen-bond donors (Lipinski definition) is 1. The highest BCUT2D eigenvalue weighted by Crippen LogP contribution is 2.46. The largest absolute Gasteiger partial charge is 0.383 e. The predicted molar refractivity (Wildman–Crippen MR) is 72.9 cm³/mol. The van der Waals surface area contributed by atoms with E-state index in [4.69, 9.17) is 24.7 Å². The highest BCUT2D eigenvalue weighted by atomic mass is 16.7. The molecule has 0 spiro atoms. The Morgan fingerprint density at radius 1 is 1.57 bits per heavy atom. The van der Waals surface area contributed by atoms with E-state index in [1.807, 2.05) is 0 Å². The van der Waals surface area contributed by atoms with Crippen LogP contribution in [0.3, 0.4) is 0 Å². The molecule has 116 valence electrons. The third-order valence-corrected chi connectivity index (χ3v) is 4.06. The van der Waals surface area contributed by atoms with Crippen LogP contribution in [0.25, 0.3) is 0 Å².